The standard InChI is InChI=1S/3CH2O3.Np/c3*2-1(3)4;/h3*(H2,2,3,4);/p-6. The molecule has 0 aromatic rings. The molecule has 0 spiro atoms. The fourth-order valence-corrected chi connectivity index (χ4v) is 0. The minimum absolute atomic E-state index is 0. The SMILES string of the molecule is O=C([O-])[O-].O=C([O-])[O-].O=C([O-])[O-].[Np]. The molecule has 9 nitrogen and oxygen atoms in total. The van der Waals surface area contributed by atoms with Crippen LogP contribution in [0.3, 0.4) is 0 Å². The molecule has 0 aromatic heterocycles. The summed E-state index contributed by atoms with van der Waals surface area (Å²) in [6.07, 6.45) is -7.00. The van der Waals surface area contributed by atoms with E-state index in [-0.39, 0.29) is 29.9 Å². The van der Waals surface area contributed by atoms with Crippen LogP contribution in [0.4, 0.5) is 14.4 Å². The van der Waals surface area contributed by atoms with Gasteiger partial charge in [0.15, 0.2) is 0 Å². The smallest absolute Gasteiger partial charge is 0 e. The summed E-state index contributed by atoms with van der Waals surface area (Å²) in [6.45, 7) is 0. The second-order valence-electron chi connectivity index (χ2n) is 0.750. The molecule has 0 aliphatic heterocycles. The first-order valence-corrected chi connectivity index (χ1v) is 1.84. The van der Waals surface area contributed by atoms with E-state index in [9.17, 15) is 0 Å². The van der Waals surface area contributed by atoms with Gasteiger partial charge in [-0.25, -0.2) is 0 Å². The van der Waals surface area contributed by atoms with Gasteiger partial charge in [-0.1, -0.05) is 0 Å². The molecular weight excluding hydrogens is 417 g/mol. The quantitative estimate of drug-likeness (QED) is 0.369. The monoisotopic (exact) mass is 416 g/mol. The third-order valence-electron chi connectivity index (χ3n) is 0. The average Bonchev–Trinajstić information content (AvgIpc) is 1.54. The predicted molar refractivity (Wildman–Crippen MR) is 16.2 cm³/mol. The van der Waals surface area contributed by atoms with Crippen molar-refractivity contribution in [2.24, 2.45) is 0 Å². The van der Waals surface area contributed by atoms with Crippen molar-refractivity contribution in [3.8, 4) is 0 Å². The van der Waals surface area contributed by atoms with Crippen molar-refractivity contribution in [3.63, 3.8) is 0 Å². The zero-order valence-electron chi connectivity index (χ0n) is 5.62. The van der Waals surface area contributed by atoms with Gasteiger partial charge in [0.1, 0.15) is 0 Å². The number of hydrogen-bond acceptors (Lipinski definition) is 9. The van der Waals surface area contributed by atoms with Crippen LogP contribution < -0.4 is 30.6 Å². The van der Waals surface area contributed by atoms with Gasteiger partial charge in [0.05, 0.1) is 0 Å². The molecule has 1 radical (unpaired) electrons. The van der Waals surface area contributed by atoms with Crippen LogP contribution in [-0.4, -0.2) is 18.5 Å². The van der Waals surface area contributed by atoms with Crippen molar-refractivity contribution < 1.29 is 75.0 Å². The number of carbonyl (C=O) groups excluding carboxylic acids is 3. The summed E-state index contributed by atoms with van der Waals surface area (Å²) in [6, 6.07) is 0. The van der Waals surface area contributed by atoms with E-state index in [0.717, 1.165) is 0 Å². The molecule has 10 heteroatoms. The van der Waals surface area contributed by atoms with Gasteiger partial charge in [0.2, 0.25) is 0 Å². The Bertz CT molecular complexity index is 112. The minimum atomic E-state index is -2.33. The molecule has 0 saturated heterocycles. The number of carboxylic acid groups (broad SMARTS) is 6. The summed E-state index contributed by atoms with van der Waals surface area (Å²) < 4.78 is 0. The Kier molecular flexibility index (Phi) is 29.7. The van der Waals surface area contributed by atoms with Gasteiger partial charge in [0, 0.05) is 29.9 Å². The van der Waals surface area contributed by atoms with Crippen LogP contribution in [-0.2, 0) is 0 Å². The second-order valence-corrected chi connectivity index (χ2v) is 0.750. The Morgan fingerprint density at radius 2 is 0.538 bits per heavy atom. The Morgan fingerprint density at radius 1 is 0.538 bits per heavy atom. The fourth-order valence-electron chi connectivity index (χ4n) is 0. The first-order chi connectivity index (χ1) is 5.20. The number of carbonyl (C=O) groups is 3. The van der Waals surface area contributed by atoms with Crippen LogP contribution in [0, 0.1) is 29.9 Å². The largest absolute Gasteiger partial charge is 0.652 e. The summed E-state index contributed by atoms with van der Waals surface area (Å²) in [5, 5.41) is 50.0. The van der Waals surface area contributed by atoms with E-state index >= 15 is 0 Å². The van der Waals surface area contributed by atoms with E-state index in [4.69, 9.17) is 45.0 Å². The maximum Gasteiger partial charge on any atom is 0 e. The summed E-state index contributed by atoms with van der Waals surface area (Å²) in [5.41, 5.74) is 0. The molecule has 13 heavy (non-hydrogen) atoms. The van der Waals surface area contributed by atoms with Crippen molar-refractivity contribution in [3.05, 3.63) is 0 Å². The Hall–Kier alpha value is -1.18. The number of hydrogen-bond donors (Lipinski definition) is 0. The van der Waals surface area contributed by atoms with Gasteiger partial charge in [-0.15, -0.1) is 0 Å². The normalized spacial score (nSPS) is 5.54. The van der Waals surface area contributed by atoms with Crippen LogP contribution in [0.25, 0.3) is 0 Å². The second kappa shape index (κ2) is 17.1. The molecule has 77 valence electrons. The Labute approximate surface area is 93.5 Å². The molecule has 0 atom stereocenters. The first-order valence-electron chi connectivity index (χ1n) is 1.84. The van der Waals surface area contributed by atoms with Gasteiger partial charge >= 0.3 is 0 Å². The van der Waals surface area contributed by atoms with Crippen molar-refractivity contribution in [1.82, 2.24) is 0 Å². The van der Waals surface area contributed by atoms with E-state index in [1.807, 2.05) is 0 Å². The average molecular weight is 417 g/mol. The maximum absolute atomic E-state index is 8.33. The van der Waals surface area contributed by atoms with Gasteiger partial charge in [-0.2, -0.15) is 0 Å². The fraction of sp³-hybridized carbons (Fsp3) is 0. The first kappa shape index (κ1) is 22.6. The number of rotatable bonds is 0. The van der Waals surface area contributed by atoms with Gasteiger partial charge in [-0.3, -0.25) is 0 Å². The zero-order valence-corrected chi connectivity index (χ0v) is 9.35. The van der Waals surface area contributed by atoms with Crippen molar-refractivity contribution in [2.45, 2.75) is 0 Å². The molecule has 0 N–H and O–H groups in total. The van der Waals surface area contributed by atoms with Crippen LogP contribution in [0.2, 0.25) is 0 Å². The van der Waals surface area contributed by atoms with Crippen LogP contribution in [0.5, 0.6) is 0 Å². The molecule has 0 fully saturated rings. The summed E-state index contributed by atoms with van der Waals surface area (Å²) in [7, 11) is 0. The predicted octanol–water partition coefficient (Wildman–Crippen LogP) is -7.34. The van der Waals surface area contributed by atoms with Gasteiger partial charge < -0.3 is 45.0 Å². The van der Waals surface area contributed by atoms with Crippen molar-refractivity contribution in [1.29, 1.82) is 0 Å². The van der Waals surface area contributed by atoms with E-state index < -0.39 is 18.5 Å². The summed E-state index contributed by atoms with van der Waals surface area (Å²) >= 11 is 0. The van der Waals surface area contributed by atoms with E-state index in [1.54, 1.807) is 0 Å². The van der Waals surface area contributed by atoms with Crippen molar-refractivity contribution >= 4 is 18.5 Å². The zero-order chi connectivity index (χ0) is 10.7. The molecule has 0 heterocycles. The minimum Gasteiger partial charge on any atom is -0.652 e. The summed E-state index contributed by atoms with van der Waals surface area (Å²) in [5.74, 6) is 0. The molecular formula is C3NpO9-6. The van der Waals surface area contributed by atoms with Crippen LogP contribution in [0.15, 0.2) is 0 Å². The van der Waals surface area contributed by atoms with Gasteiger partial charge in [0.25, 0.3) is 0 Å². The maximum atomic E-state index is 8.33. The van der Waals surface area contributed by atoms with Gasteiger partial charge in [-0.05, 0) is 18.5 Å². The molecule has 0 unspecified atom stereocenters. The molecule has 0 bridgehead atoms. The molecule has 0 saturated carbocycles. The third-order valence-corrected chi connectivity index (χ3v) is 0. The van der Waals surface area contributed by atoms with Crippen LogP contribution >= 0.6 is 0 Å². The molecule has 0 aromatic carbocycles. The molecule has 0 aliphatic rings. The van der Waals surface area contributed by atoms with E-state index in [2.05, 4.69) is 0 Å². The van der Waals surface area contributed by atoms with E-state index in [1.165, 1.54) is 0 Å². The summed E-state index contributed by atoms with van der Waals surface area (Å²) in [4.78, 5) is 25.0. The molecule has 0 amide bonds. The van der Waals surface area contributed by atoms with Crippen molar-refractivity contribution in [2.75, 3.05) is 0 Å². The van der Waals surface area contributed by atoms with E-state index in [0.29, 0.717) is 0 Å². The third kappa shape index (κ3) is 608. The molecule has 0 rings (SSSR count). The Morgan fingerprint density at radius 3 is 0.538 bits per heavy atom. The topological polar surface area (TPSA) is 190 Å². The van der Waals surface area contributed by atoms with Crippen LogP contribution in [0.1, 0.15) is 0 Å². The Balaban J connectivity index is -0.0000000450. The molecule has 0 aliphatic carbocycles.